The van der Waals surface area contributed by atoms with E-state index in [1.807, 2.05) is 30.3 Å². The quantitative estimate of drug-likeness (QED) is 0.785. The lowest BCUT2D eigenvalue weighted by Gasteiger charge is -2.30. The average molecular weight is 322 g/mol. The maximum absolute atomic E-state index is 11.9. The predicted molar refractivity (Wildman–Crippen MR) is 91.9 cm³/mol. The van der Waals surface area contributed by atoms with Crippen LogP contribution in [0.15, 0.2) is 35.7 Å². The second-order valence-electron chi connectivity index (χ2n) is 6.03. The van der Waals surface area contributed by atoms with Crippen molar-refractivity contribution >= 4 is 16.1 Å². The zero-order valence-corrected chi connectivity index (χ0v) is 14.1. The van der Waals surface area contributed by atoms with E-state index in [4.69, 9.17) is 0 Å². The minimum atomic E-state index is -3.34. The Balaban J connectivity index is 1.68. The summed E-state index contributed by atoms with van der Waals surface area (Å²) in [5, 5.41) is 1.24. The molecule has 122 valence electrons. The Kier molecular flexibility index (Phi) is 6.61. The number of nitrogens with zero attached hydrogens (tertiary/aromatic N) is 1. The van der Waals surface area contributed by atoms with Crippen LogP contribution >= 0.6 is 0 Å². The highest BCUT2D eigenvalue weighted by atomic mass is 32.2. The Morgan fingerprint density at radius 2 is 1.91 bits per heavy atom. The number of likely N-dealkylation sites (tertiary alicyclic amines) is 1. The van der Waals surface area contributed by atoms with E-state index in [-0.39, 0.29) is 0 Å². The molecule has 0 unspecified atom stereocenters. The van der Waals surface area contributed by atoms with E-state index in [0.29, 0.717) is 6.54 Å². The Morgan fingerprint density at radius 1 is 1.23 bits per heavy atom. The third kappa shape index (κ3) is 6.30. The standard InChI is InChI=1S/C17H26N2O2S/c1-16-8-13-19(14-9-16)12-5-11-18-22(20,21)15-10-17-6-3-2-4-7-17/h2-4,6-7,10,15-16,18H,5,8-9,11-14H2,1H3/b15-10+. The SMILES string of the molecule is CC1CCN(CCCNS(=O)(=O)/C=C/c2ccccc2)CC1. The summed E-state index contributed by atoms with van der Waals surface area (Å²) in [4.78, 5) is 2.42. The summed E-state index contributed by atoms with van der Waals surface area (Å²) in [6.07, 6.45) is 4.98. The lowest BCUT2D eigenvalue weighted by Crippen LogP contribution is -2.35. The highest BCUT2D eigenvalue weighted by Crippen LogP contribution is 2.15. The number of piperidine rings is 1. The third-order valence-corrected chi connectivity index (χ3v) is 5.17. The molecule has 1 heterocycles. The van der Waals surface area contributed by atoms with Crippen molar-refractivity contribution in [3.8, 4) is 0 Å². The molecule has 1 aliphatic rings. The molecule has 4 nitrogen and oxygen atoms in total. The summed E-state index contributed by atoms with van der Waals surface area (Å²) in [5.74, 6) is 0.831. The van der Waals surface area contributed by atoms with E-state index in [2.05, 4.69) is 16.5 Å². The van der Waals surface area contributed by atoms with Gasteiger partial charge in [-0.3, -0.25) is 0 Å². The van der Waals surface area contributed by atoms with Crippen molar-refractivity contribution in [2.75, 3.05) is 26.2 Å². The number of nitrogens with one attached hydrogen (secondary N) is 1. The molecule has 0 saturated carbocycles. The molecule has 1 fully saturated rings. The fraction of sp³-hybridized carbons (Fsp3) is 0.529. The van der Waals surface area contributed by atoms with Gasteiger partial charge in [0.2, 0.25) is 10.0 Å². The van der Waals surface area contributed by atoms with Crippen LogP contribution in [0.2, 0.25) is 0 Å². The van der Waals surface area contributed by atoms with Gasteiger partial charge in [-0.15, -0.1) is 0 Å². The molecule has 0 spiro atoms. The second-order valence-corrected chi connectivity index (χ2v) is 7.68. The fourth-order valence-corrected chi connectivity index (χ4v) is 3.44. The molecule has 0 bridgehead atoms. The van der Waals surface area contributed by atoms with E-state index in [1.165, 1.54) is 18.2 Å². The Hall–Kier alpha value is -1.17. The van der Waals surface area contributed by atoms with E-state index in [0.717, 1.165) is 37.5 Å². The minimum absolute atomic E-state index is 0.494. The summed E-state index contributed by atoms with van der Waals surface area (Å²) in [6.45, 7) is 6.04. The van der Waals surface area contributed by atoms with E-state index in [9.17, 15) is 8.42 Å². The molecule has 0 amide bonds. The third-order valence-electron chi connectivity index (χ3n) is 4.07. The number of hydrogen-bond acceptors (Lipinski definition) is 3. The molecule has 1 aromatic carbocycles. The van der Waals surface area contributed by atoms with Gasteiger partial charge in [-0.25, -0.2) is 13.1 Å². The van der Waals surface area contributed by atoms with Crippen LogP contribution in [0.4, 0.5) is 0 Å². The molecular weight excluding hydrogens is 296 g/mol. The van der Waals surface area contributed by atoms with Gasteiger partial charge in [0, 0.05) is 12.0 Å². The van der Waals surface area contributed by atoms with Crippen LogP contribution in [-0.2, 0) is 10.0 Å². The molecule has 22 heavy (non-hydrogen) atoms. The van der Waals surface area contributed by atoms with Gasteiger partial charge in [0.05, 0.1) is 0 Å². The summed E-state index contributed by atoms with van der Waals surface area (Å²) < 4.78 is 26.4. The predicted octanol–water partition coefficient (Wildman–Crippen LogP) is 2.70. The zero-order chi connectivity index (χ0) is 15.8. The molecule has 0 aliphatic carbocycles. The molecule has 1 aliphatic heterocycles. The van der Waals surface area contributed by atoms with Crippen LogP contribution in [0, 0.1) is 5.92 Å². The summed E-state index contributed by atoms with van der Waals surface area (Å²) in [7, 11) is -3.34. The normalized spacial score (nSPS) is 18.0. The zero-order valence-electron chi connectivity index (χ0n) is 13.2. The topological polar surface area (TPSA) is 49.4 Å². The van der Waals surface area contributed by atoms with Crippen LogP contribution in [0.5, 0.6) is 0 Å². The number of sulfonamides is 1. The molecule has 0 aromatic heterocycles. The van der Waals surface area contributed by atoms with Crippen molar-refractivity contribution in [3.05, 3.63) is 41.3 Å². The fourth-order valence-electron chi connectivity index (χ4n) is 2.58. The summed E-state index contributed by atoms with van der Waals surface area (Å²) >= 11 is 0. The van der Waals surface area contributed by atoms with Crippen molar-refractivity contribution in [2.45, 2.75) is 26.2 Å². The summed E-state index contributed by atoms with van der Waals surface area (Å²) in [6, 6.07) is 9.44. The molecule has 1 N–H and O–H groups in total. The molecule has 2 rings (SSSR count). The molecule has 1 saturated heterocycles. The first kappa shape index (κ1) is 17.2. The van der Waals surface area contributed by atoms with Gasteiger partial charge in [0.1, 0.15) is 0 Å². The van der Waals surface area contributed by atoms with Gasteiger partial charge in [-0.05, 0) is 56.5 Å². The van der Waals surface area contributed by atoms with Crippen LogP contribution in [0.25, 0.3) is 6.08 Å². The van der Waals surface area contributed by atoms with E-state index in [1.54, 1.807) is 6.08 Å². The minimum Gasteiger partial charge on any atom is -0.303 e. The number of benzene rings is 1. The van der Waals surface area contributed by atoms with Crippen LogP contribution in [-0.4, -0.2) is 39.5 Å². The number of rotatable bonds is 7. The van der Waals surface area contributed by atoms with Gasteiger partial charge in [0.15, 0.2) is 0 Å². The lowest BCUT2D eigenvalue weighted by atomic mass is 9.99. The Bertz CT molecular complexity index is 562. The maximum atomic E-state index is 11.9. The van der Waals surface area contributed by atoms with Crippen LogP contribution in [0.3, 0.4) is 0 Å². The van der Waals surface area contributed by atoms with E-state index < -0.39 is 10.0 Å². The second kappa shape index (κ2) is 8.46. The average Bonchev–Trinajstić information content (AvgIpc) is 2.52. The van der Waals surface area contributed by atoms with Crippen LogP contribution < -0.4 is 4.72 Å². The molecular formula is C17H26N2O2S. The van der Waals surface area contributed by atoms with Crippen molar-refractivity contribution in [1.29, 1.82) is 0 Å². The van der Waals surface area contributed by atoms with Gasteiger partial charge in [-0.2, -0.15) is 0 Å². The largest absolute Gasteiger partial charge is 0.303 e. The van der Waals surface area contributed by atoms with Gasteiger partial charge in [0.25, 0.3) is 0 Å². The van der Waals surface area contributed by atoms with Gasteiger partial charge < -0.3 is 4.90 Å². The highest BCUT2D eigenvalue weighted by molar-refractivity contribution is 7.92. The van der Waals surface area contributed by atoms with Crippen molar-refractivity contribution < 1.29 is 8.42 Å². The maximum Gasteiger partial charge on any atom is 0.233 e. The first-order valence-electron chi connectivity index (χ1n) is 8.00. The monoisotopic (exact) mass is 322 g/mol. The van der Waals surface area contributed by atoms with E-state index >= 15 is 0 Å². The molecule has 1 aromatic rings. The summed E-state index contributed by atoms with van der Waals surface area (Å²) in [5.41, 5.74) is 0.885. The first-order chi connectivity index (χ1) is 10.6. The van der Waals surface area contributed by atoms with Crippen LogP contribution in [0.1, 0.15) is 31.7 Å². The lowest BCUT2D eigenvalue weighted by molar-refractivity contribution is 0.191. The number of hydrogen-bond donors (Lipinski definition) is 1. The smallest absolute Gasteiger partial charge is 0.233 e. The van der Waals surface area contributed by atoms with Gasteiger partial charge in [-0.1, -0.05) is 37.3 Å². The van der Waals surface area contributed by atoms with Crippen molar-refractivity contribution in [1.82, 2.24) is 9.62 Å². The Labute approximate surface area is 134 Å². The van der Waals surface area contributed by atoms with Crippen molar-refractivity contribution in [3.63, 3.8) is 0 Å². The first-order valence-corrected chi connectivity index (χ1v) is 9.55. The highest BCUT2D eigenvalue weighted by Gasteiger charge is 2.15. The molecule has 5 heteroatoms. The Morgan fingerprint density at radius 3 is 2.59 bits per heavy atom. The molecule has 0 radical (unpaired) electrons. The molecule has 0 atom stereocenters. The van der Waals surface area contributed by atoms with Gasteiger partial charge >= 0.3 is 0 Å². The van der Waals surface area contributed by atoms with Crippen molar-refractivity contribution in [2.24, 2.45) is 5.92 Å².